The molecule has 1 fully saturated rings. The average molecular weight is 536 g/mol. The van der Waals surface area contributed by atoms with E-state index in [9.17, 15) is 12.8 Å². The highest BCUT2D eigenvalue weighted by Gasteiger charge is 2.42. The number of aryl methyl sites for hydroxylation is 1. The number of pyridine rings is 1. The van der Waals surface area contributed by atoms with Crippen molar-refractivity contribution >= 4 is 38.7 Å². The summed E-state index contributed by atoms with van der Waals surface area (Å²) in [5.74, 6) is -0.285. The van der Waals surface area contributed by atoms with Crippen molar-refractivity contribution in [2.45, 2.75) is 25.9 Å². The Labute approximate surface area is 221 Å². The van der Waals surface area contributed by atoms with Crippen molar-refractivity contribution in [3.05, 3.63) is 107 Å². The van der Waals surface area contributed by atoms with Crippen LogP contribution < -0.4 is 14.9 Å². The molecule has 1 aliphatic heterocycles. The van der Waals surface area contributed by atoms with E-state index in [0.717, 1.165) is 40.3 Å². The van der Waals surface area contributed by atoms with Crippen LogP contribution in [0.15, 0.2) is 79.0 Å². The van der Waals surface area contributed by atoms with Crippen LogP contribution in [0.3, 0.4) is 0 Å². The summed E-state index contributed by atoms with van der Waals surface area (Å²) in [6.07, 6.45) is 2.87. The van der Waals surface area contributed by atoms with Crippen molar-refractivity contribution in [1.29, 1.82) is 0 Å². The van der Waals surface area contributed by atoms with Gasteiger partial charge in [-0.1, -0.05) is 6.07 Å². The molecule has 0 amide bonds. The molecular weight excluding hydrogens is 509 g/mol. The van der Waals surface area contributed by atoms with Crippen molar-refractivity contribution in [2.24, 2.45) is 0 Å². The molecule has 7 nitrogen and oxygen atoms in total. The molecule has 1 aliphatic rings. The number of benzene rings is 2. The number of nitrogens with one attached hydrogen (secondary N) is 2. The van der Waals surface area contributed by atoms with E-state index in [0.29, 0.717) is 10.8 Å². The molecule has 37 heavy (non-hydrogen) atoms. The molecule has 1 saturated heterocycles. The molecule has 0 radical (unpaired) electrons. The minimum atomic E-state index is -3.39. The van der Waals surface area contributed by atoms with Gasteiger partial charge in [-0.15, -0.1) is 0 Å². The summed E-state index contributed by atoms with van der Waals surface area (Å²) >= 11 is 5.81. The number of aromatic nitrogens is 2. The third-order valence-corrected chi connectivity index (χ3v) is 7.34. The molecule has 2 aromatic heterocycles. The van der Waals surface area contributed by atoms with Gasteiger partial charge in [0.25, 0.3) is 0 Å². The Morgan fingerprint density at radius 3 is 2.30 bits per heavy atom. The van der Waals surface area contributed by atoms with Crippen LogP contribution in [-0.2, 0) is 10.0 Å². The van der Waals surface area contributed by atoms with Gasteiger partial charge in [0.2, 0.25) is 10.0 Å². The van der Waals surface area contributed by atoms with Crippen LogP contribution in [0.4, 0.5) is 15.8 Å². The quantitative estimate of drug-likeness (QED) is 0.332. The van der Waals surface area contributed by atoms with Gasteiger partial charge >= 0.3 is 0 Å². The van der Waals surface area contributed by atoms with E-state index in [1.807, 2.05) is 49.1 Å². The van der Waals surface area contributed by atoms with Crippen molar-refractivity contribution in [1.82, 2.24) is 14.9 Å². The molecule has 2 atom stereocenters. The summed E-state index contributed by atoms with van der Waals surface area (Å²) in [5.41, 5.74) is 6.05. The standard InChI is InChI=1S/C27H26FN5O2S2/c1-17-16-23(18(2)32(17)21-11-7-19(28)8-12-21)26-25(24-6-4-5-15-29-24)30-27(36)33(26)22-13-9-20(10-14-22)31-37(3,34)35/h4-16,25-26,31H,1-3H3,(H,30,36)/t25-,26+/m0/s1. The lowest BCUT2D eigenvalue weighted by Crippen LogP contribution is -2.29. The highest BCUT2D eigenvalue weighted by Crippen LogP contribution is 2.43. The lowest BCUT2D eigenvalue weighted by atomic mass is 9.96. The van der Waals surface area contributed by atoms with E-state index in [-0.39, 0.29) is 17.9 Å². The summed E-state index contributed by atoms with van der Waals surface area (Å²) < 4.78 is 41.5. The Kier molecular flexibility index (Phi) is 6.47. The van der Waals surface area contributed by atoms with Crippen LogP contribution >= 0.6 is 12.2 Å². The number of anilines is 2. The molecule has 2 aromatic carbocycles. The topological polar surface area (TPSA) is 79.3 Å². The zero-order valence-electron chi connectivity index (χ0n) is 20.5. The maximum absolute atomic E-state index is 13.6. The minimum absolute atomic E-state index is 0.232. The van der Waals surface area contributed by atoms with Gasteiger partial charge in [0, 0.05) is 34.6 Å². The Balaban J connectivity index is 1.62. The minimum Gasteiger partial charge on any atom is -0.351 e. The second-order valence-corrected chi connectivity index (χ2v) is 11.2. The van der Waals surface area contributed by atoms with E-state index in [4.69, 9.17) is 12.2 Å². The van der Waals surface area contributed by atoms with E-state index < -0.39 is 10.0 Å². The largest absolute Gasteiger partial charge is 0.351 e. The van der Waals surface area contributed by atoms with Gasteiger partial charge < -0.3 is 14.8 Å². The van der Waals surface area contributed by atoms with E-state index in [2.05, 4.69) is 25.7 Å². The molecule has 0 spiro atoms. The van der Waals surface area contributed by atoms with E-state index in [1.54, 1.807) is 30.5 Å². The van der Waals surface area contributed by atoms with Crippen LogP contribution in [0.25, 0.3) is 5.69 Å². The summed E-state index contributed by atoms with van der Waals surface area (Å²) in [4.78, 5) is 6.64. The third-order valence-electron chi connectivity index (χ3n) is 6.42. The molecule has 0 unspecified atom stereocenters. The predicted octanol–water partition coefficient (Wildman–Crippen LogP) is 5.18. The Bertz CT molecular complexity index is 1550. The first kappa shape index (κ1) is 24.9. The summed E-state index contributed by atoms with van der Waals surface area (Å²) in [6, 6.07) is 21.0. The monoisotopic (exact) mass is 535 g/mol. The van der Waals surface area contributed by atoms with Crippen LogP contribution in [0.1, 0.15) is 34.7 Å². The number of rotatable bonds is 6. The first-order chi connectivity index (χ1) is 17.6. The van der Waals surface area contributed by atoms with Crippen molar-refractivity contribution < 1.29 is 12.8 Å². The lowest BCUT2D eigenvalue weighted by Gasteiger charge is -2.28. The van der Waals surface area contributed by atoms with Crippen molar-refractivity contribution in [3.63, 3.8) is 0 Å². The number of nitrogens with zero attached hydrogens (tertiary/aromatic N) is 3. The van der Waals surface area contributed by atoms with Gasteiger partial charge in [0.1, 0.15) is 5.82 Å². The van der Waals surface area contributed by atoms with Crippen LogP contribution in [0, 0.1) is 19.7 Å². The molecule has 190 valence electrons. The van der Waals surface area contributed by atoms with Gasteiger partial charge in [0.05, 0.1) is 24.0 Å². The maximum Gasteiger partial charge on any atom is 0.229 e. The molecular formula is C27H26FN5O2S2. The van der Waals surface area contributed by atoms with Gasteiger partial charge in [-0.3, -0.25) is 9.71 Å². The normalized spacial score (nSPS) is 17.6. The molecule has 3 heterocycles. The van der Waals surface area contributed by atoms with Crippen molar-refractivity contribution in [2.75, 3.05) is 15.9 Å². The molecule has 4 aromatic rings. The Morgan fingerprint density at radius 1 is 1.00 bits per heavy atom. The summed E-state index contributed by atoms with van der Waals surface area (Å²) in [7, 11) is -3.39. The molecule has 0 aliphatic carbocycles. The van der Waals surface area contributed by atoms with Crippen LogP contribution in [0.5, 0.6) is 0 Å². The summed E-state index contributed by atoms with van der Waals surface area (Å²) in [5, 5.41) is 3.99. The first-order valence-corrected chi connectivity index (χ1v) is 14.0. The second-order valence-electron chi connectivity index (χ2n) is 9.06. The lowest BCUT2D eigenvalue weighted by molar-refractivity contribution is 0.565. The van der Waals surface area contributed by atoms with Gasteiger partial charge in [0.15, 0.2) is 5.11 Å². The number of halogens is 1. The van der Waals surface area contributed by atoms with Crippen molar-refractivity contribution in [3.8, 4) is 5.69 Å². The Hall–Kier alpha value is -3.76. The van der Waals surface area contributed by atoms with E-state index >= 15 is 0 Å². The van der Waals surface area contributed by atoms with E-state index in [1.165, 1.54) is 12.1 Å². The average Bonchev–Trinajstić information content (AvgIpc) is 3.35. The highest BCUT2D eigenvalue weighted by molar-refractivity contribution is 7.92. The summed E-state index contributed by atoms with van der Waals surface area (Å²) in [6.45, 7) is 4.06. The fourth-order valence-electron chi connectivity index (χ4n) is 4.93. The molecule has 0 bridgehead atoms. The number of sulfonamides is 1. The maximum atomic E-state index is 13.6. The number of thiocarbonyl (C=S) groups is 1. The SMILES string of the molecule is Cc1cc([C@@H]2[C@H](c3ccccn3)NC(=S)N2c2ccc(NS(C)(=O)=O)cc2)c(C)n1-c1ccc(F)cc1. The smallest absolute Gasteiger partial charge is 0.229 e. The predicted molar refractivity (Wildman–Crippen MR) is 148 cm³/mol. The molecule has 0 saturated carbocycles. The fraction of sp³-hybridized carbons (Fsp3) is 0.185. The molecule has 2 N–H and O–H groups in total. The Morgan fingerprint density at radius 2 is 1.68 bits per heavy atom. The third kappa shape index (κ3) is 4.94. The van der Waals surface area contributed by atoms with Gasteiger partial charge in [-0.25, -0.2) is 12.8 Å². The second kappa shape index (κ2) is 9.60. The molecule has 5 rings (SSSR count). The van der Waals surface area contributed by atoms with Crippen LogP contribution in [-0.4, -0.2) is 29.3 Å². The zero-order chi connectivity index (χ0) is 26.3. The van der Waals surface area contributed by atoms with Gasteiger partial charge in [-0.2, -0.15) is 0 Å². The fourth-order valence-corrected chi connectivity index (χ4v) is 5.84. The highest BCUT2D eigenvalue weighted by atomic mass is 32.2. The van der Waals surface area contributed by atoms with Gasteiger partial charge in [-0.05, 0) is 98.4 Å². The zero-order valence-corrected chi connectivity index (χ0v) is 22.1. The molecule has 10 heteroatoms. The first-order valence-electron chi connectivity index (χ1n) is 11.7. The number of hydrogen-bond donors (Lipinski definition) is 2. The van der Waals surface area contributed by atoms with Crippen LogP contribution in [0.2, 0.25) is 0 Å². The number of hydrogen-bond acceptors (Lipinski definition) is 4.